The van der Waals surface area contributed by atoms with Gasteiger partial charge in [0.05, 0.1) is 12.2 Å². The highest BCUT2D eigenvalue weighted by Crippen LogP contribution is 2.19. The molecule has 6 nitrogen and oxygen atoms in total. The van der Waals surface area contributed by atoms with Crippen molar-refractivity contribution in [3.05, 3.63) is 54.1 Å². The van der Waals surface area contributed by atoms with Gasteiger partial charge in [-0.1, -0.05) is 24.3 Å². The van der Waals surface area contributed by atoms with Crippen LogP contribution >= 0.6 is 0 Å². The smallest absolute Gasteiger partial charge is 0.207 e. The summed E-state index contributed by atoms with van der Waals surface area (Å²) in [5.74, 6) is 0. The fourth-order valence-electron chi connectivity index (χ4n) is 2.39. The van der Waals surface area contributed by atoms with E-state index in [-0.39, 0.29) is 0 Å². The van der Waals surface area contributed by atoms with E-state index in [1.54, 1.807) is 4.79 Å². The zero-order valence-corrected chi connectivity index (χ0v) is 12.3. The van der Waals surface area contributed by atoms with Crippen molar-refractivity contribution in [2.75, 3.05) is 18.1 Å². The fraction of sp³-hybridized carbons (Fsp3) is 0.188. The standard InChI is InChI=1S/C16H17N5O/c1-13-5-4-6-14(11-13)20(10-9-17-12-22)21-16-8-3-2-7-15(16)18-19-21/h2-8,11-12H,9-10H2,1H3,(H,17,22). The van der Waals surface area contributed by atoms with Crippen LogP contribution in [0.5, 0.6) is 0 Å². The molecule has 1 N–H and O–H groups in total. The quantitative estimate of drug-likeness (QED) is 0.556. The van der Waals surface area contributed by atoms with E-state index in [0.29, 0.717) is 19.5 Å². The molecule has 22 heavy (non-hydrogen) atoms. The first-order chi connectivity index (χ1) is 10.8. The number of nitrogens with one attached hydrogen (secondary N) is 1. The van der Waals surface area contributed by atoms with Crippen molar-refractivity contribution >= 4 is 23.1 Å². The Bertz CT molecular complexity index is 783. The zero-order chi connectivity index (χ0) is 15.4. The van der Waals surface area contributed by atoms with Crippen LogP contribution in [0.3, 0.4) is 0 Å². The largest absolute Gasteiger partial charge is 0.357 e. The molecule has 0 saturated carbocycles. The maximum Gasteiger partial charge on any atom is 0.207 e. The van der Waals surface area contributed by atoms with E-state index in [4.69, 9.17) is 0 Å². The molecule has 0 bridgehead atoms. The number of amides is 1. The Morgan fingerprint density at radius 1 is 1.23 bits per heavy atom. The Hall–Kier alpha value is -2.89. The van der Waals surface area contributed by atoms with Crippen molar-refractivity contribution in [3.8, 4) is 0 Å². The number of carbonyl (C=O) groups excluding carboxylic acids is 1. The highest BCUT2D eigenvalue weighted by molar-refractivity contribution is 5.75. The van der Waals surface area contributed by atoms with Crippen LogP contribution in [-0.4, -0.2) is 34.6 Å². The third kappa shape index (κ3) is 2.76. The van der Waals surface area contributed by atoms with Gasteiger partial charge in [0, 0.05) is 6.54 Å². The van der Waals surface area contributed by atoms with Crippen LogP contribution < -0.4 is 10.3 Å². The second-order valence-corrected chi connectivity index (χ2v) is 5.00. The fourth-order valence-corrected chi connectivity index (χ4v) is 2.39. The van der Waals surface area contributed by atoms with Crippen molar-refractivity contribution in [1.29, 1.82) is 0 Å². The van der Waals surface area contributed by atoms with E-state index >= 15 is 0 Å². The molecular formula is C16H17N5O. The number of benzene rings is 2. The molecule has 0 aliphatic heterocycles. The van der Waals surface area contributed by atoms with Crippen molar-refractivity contribution in [3.63, 3.8) is 0 Å². The number of hydrogen-bond donors (Lipinski definition) is 1. The summed E-state index contributed by atoms with van der Waals surface area (Å²) in [6.07, 6.45) is 0.702. The van der Waals surface area contributed by atoms with Gasteiger partial charge in [0.15, 0.2) is 0 Å². The summed E-state index contributed by atoms with van der Waals surface area (Å²) in [5, 5.41) is 13.1. The summed E-state index contributed by atoms with van der Waals surface area (Å²) in [6, 6.07) is 15.9. The summed E-state index contributed by atoms with van der Waals surface area (Å²) in [6.45, 7) is 3.16. The van der Waals surface area contributed by atoms with Gasteiger partial charge >= 0.3 is 0 Å². The third-order valence-electron chi connectivity index (χ3n) is 3.41. The van der Waals surface area contributed by atoms with E-state index in [0.717, 1.165) is 22.3 Å². The topological polar surface area (TPSA) is 63.1 Å². The van der Waals surface area contributed by atoms with Gasteiger partial charge in [0.1, 0.15) is 11.0 Å². The number of rotatable bonds is 6. The minimum atomic E-state index is 0.519. The molecule has 0 spiro atoms. The third-order valence-corrected chi connectivity index (χ3v) is 3.41. The number of carbonyl (C=O) groups is 1. The van der Waals surface area contributed by atoms with Gasteiger partial charge in [0.25, 0.3) is 0 Å². The van der Waals surface area contributed by atoms with Crippen molar-refractivity contribution in [2.24, 2.45) is 0 Å². The number of fused-ring (bicyclic) bond motifs is 1. The Morgan fingerprint density at radius 2 is 2.09 bits per heavy atom. The molecular weight excluding hydrogens is 278 g/mol. The lowest BCUT2D eigenvalue weighted by Crippen LogP contribution is -2.36. The summed E-state index contributed by atoms with van der Waals surface area (Å²) < 4.78 is 0. The second kappa shape index (κ2) is 6.26. The van der Waals surface area contributed by atoms with Gasteiger partial charge < -0.3 is 5.32 Å². The van der Waals surface area contributed by atoms with Gasteiger partial charge in [0.2, 0.25) is 6.41 Å². The number of hydrogen-bond acceptors (Lipinski definition) is 4. The van der Waals surface area contributed by atoms with Gasteiger partial charge in [-0.2, -0.15) is 4.79 Å². The van der Waals surface area contributed by atoms with E-state index in [1.807, 2.05) is 54.4 Å². The molecule has 0 unspecified atom stereocenters. The first-order valence-electron chi connectivity index (χ1n) is 7.11. The molecule has 0 aliphatic rings. The normalized spacial score (nSPS) is 10.6. The molecule has 1 amide bonds. The number of aryl methyl sites for hydroxylation is 1. The maximum atomic E-state index is 10.5. The molecule has 1 aromatic heterocycles. The molecule has 112 valence electrons. The van der Waals surface area contributed by atoms with Crippen LogP contribution in [0.4, 0.5) is 5.69 Å². The van der Waals surface area contributed by atoms with Crippen LogP contribution in [0.25, 0.3) is 11.0 Å². The Kier molecular flexibility index (Phi) is 4.00. The molecule has 1 heterocycles. The molecule has 0 aliphatic carbocycles. The lowest BCUT2D eigenvalue weighted by atomic mass is 10.2. The second-order valence-electron chi connectivity index (χ2n) is 5.00. The number of aromatic nitrogens is 3. The maximum absolute atomic E-state index is 10.5. The average molecular weight is 295 g/mol. The molecule has 0 radical (unpaired) electrons. The van der Waals surface area contributed by atoms with Crippen LogP contribution in [0, 0.1) is 6.92 Å². The zero-order valence-electron chi connectivity index (χ0n) is 12.3. The first kappa shape index (κ1) is 14.1. The van der Waals surface area contributed by atoms with Crippen molar-refractivity contribution in [1.82, 2.24) is 20.4 Å². The van der Waals surface area contributed by atoms with Crippen LogP contribution in [-0.2, 0) is 4.79 Å². The molecule has 3 rings (SSSR count). The highest BCUT2D eigenvalue weighted by atomic mass is 16.1. The number of para-hydroxylation sites is 1. The predicted octanol–water partition coefficient (Wildman–Crippen LogP) is 1.76. The molecule has 0 saturated heterocycles. The Morgan fingerprint density at radius 3 is 2.91 bits per heavy atom. The van der Waals surface area contributed by atoms with Crippen LogP contribution in [0.2, 0.25) is 0 Å². The van der Waals surface area contributed by atoms with Crippen molar-refractivity contribution in [2.45, 2.75) is 6.92 Å². The molecule has 3 aromatic rings. The highest BCUT2D eigenvalue weighted by Gasteiger charge is 2.13. The molecule has 2 aromatic carbocycles. The minimum Gasteiger partial charge on any atom is -0.357 e. The van der Waals surface area contributed by atoms with Crippen LogP contribution in [0.15, 0.2) is 48.5 Å². The Labute approximate surface area is 128 Å². The van der Waals surface area contributed by atoms with E-state index in [9.17, 15) is 4.79 Å². The lowest BCUT2D eigenvalue weighted by Gasteiger charge is -2.24. The number of anilines is 1. The van der Waals surface area contributed by atoms with Gasteiger partial charge in [-0.05, 0) is 42.0 Å². The van der Waals surface area contributed by atoms with Gasteiger partial charge in [-0.3, -0.25) is 9.80 Å². The van der Waals surface area contributed by atoms with Crippen molar-refractivity contribution < 1.29 is 4.79 Å². The minimum absolute atomic E-state index is 0.519. The molecule has 6 heteroatoms. The van der Waals surface area contributed by atoms with Gasteiger partial charge in [-0.25, -0.2) is 0 Å². The average Bonchev–Trinajstić information content (AvgIpc) is 2.95. The first-order valence-corrected chi connectivity index (χ1v) is 7.11. The predicted molar refractivity (Wildman–Crippen MR) is 85.5 cm³/mol. The lowest BCUT2D eigenvalue weighted by molar-refractivity contribution is -0.109. The molecule has 0 fully saturated rings. The summed E-state index contributed by atoms with van der Waals surface area (Å²) in [7, 11) is 0. The van der Waals surface area contributed by atoms with E-state index < -0.39 is 0 Å². The summed E-state index contributed by atoms with van der Waals surface area (Å²) in [5.41, 5.74) is 3.93. The molecule has 0 atom stereocenters. The Balaban J connectivity index is 2.02. The summed E-state index contributed by atoms with van der Waals surface area (Å²) >= 11 is 0. The van der Waals surface area contributed by atoms with E-state index in [1.165, 1.54) is 0 Å². The number of nitrogens with zero attached hydrogens (tertiary/aromatic N) is 4. The SMILES string of the molecule is Cc1cccc(N(CCNC=O)n2nnc3ccccc32)c1. The van der Waals surface area contributed by atoms with E-state index in [2.05, 4.69) is 21.7 Å². The summed E-state index contributed by atoms with van der Waals surface area (Å²) in [4.78, 5) is 12.3. The van der Waals surface area contributed by atoms with Crippen LogP contribution in [0.1, 0.15) is 5.56 Å². The monoisotopic (exact) mass is 295 g/mol. The van der Waals surface area contributed by atoms with Gasteiger partial charge in [-0.15, -0.1) is 5.10 Å².